The van der Waals surface area contributed by atoms with Crippen molar-refractivity contribution in [2.45, 2.75) is 25.2 Å². The quantitative estimate of drug-likeness (QED) is 0.862. The number of hydrogen-bond acceptors (Lipinski definition) is 4. The van der Waals surface area contributed by atoms with Gasteiger partial charge in [-0.05, 0) is 24.6 Å². The van der Waals surface area contributed by atoms with E-state index >= 15 is 0 Å². The molecule has 0 saturated carbocycles. The van der Waals surface area contributed by atoms with Gasteiger partial charge in [-0.1, -0.05) is 6.92 Å². The van der Waals surface area contributed by atoms with E-state index in [4.69, 9.17) is 10.4 Å². The van der Waals surface area contributed by atoms with Crippen LogP contribution >= 0.6 is 0 Å². The number of aromatic carboxylic acids is 1. The zero-order valence-corrected chi connectivity index (χ0v) is 12.4. The van der Waals surface area contributed by atoms with Crippen LogP contribution < -0.4 is 0 Å². The van der Waals surface area contributed by atoms with E-state index in [1.54, 1.807) is 6.92 Å². The highest BCUT2D eigenvalue weighted by atomic mass is 32.2. The number of hydrogen-bond donors (Lipinski definition) is 1. The fourth-order valence-corrected chi connectivity index (χ4v) is 3.38. The summed E-state index contributed by atoms with van der Waals surface area (Å²) >= 11 is 0. The van der Waals surface area contributed by atoms with Gasteiger partial charge in [0.2, 0.25) is 10.0 Å². The molecule has 1 aromatic carbocycles. The second-order valence-electron chi connectivity index (χ2n) is 4.31. The fraction of sp³-hybridized carbons (Fsp3) is 0.385. The summed E-state index contributed by atoms with van der Waals surface area (Å²) in [6, 6.07) is 3.74. The van der Waals surface area contributed by atoms with E-state index in [0.717, 1.165) is 16.4 Å². The Kier molecular flexibility index (Phi) is 5.41. The zero-order chi connectivity index (χ0) is 16.2. The third kappa shape index (κ3) is 3.56. The highest BCUT2D eigenvalue weighted by Gasteiger charge is 2.26. The summed E-state index contributed by atoms with van der Waals surface area (Å²) in [6.45, 7) is 3.02. The molecular formula is C13H15FN2O4S. The molecule has 0 aliphatic carbocycles. The zero-order valence-electron chi connectivity index (χ0n) is 11.6. The molecule has 0 unspecified atom stereocenters. The predicted octanol–water partition coefficient (Wildman–Crippen LogP) is 1.76. The van der Waals surface area contributed by atoms with Gasteiger partial charge in [-0.15, -0.1) is 0 Å². The molecule has 1 rings (SSSR count). The fourth-order valence-electron chi connectivity index (χ4n) is 1.81. The SMILES string of the molecule is CCN(CCC#N)S(=O)(=O)c1cc(C)c(F)c(C(=O)O)c1. The molecule has 1 aromatic rings. The van der Waals surface area contributed by atoms with Crippen LogP contribution in [0.4, 0.5) is 4.39 Å². The van der Waals surface area contributed by atoms with Gasteiger partial charge in [0.1, 0.15) is 5.82 Å². The van der Waals surface area contributed by atoms with Crippen LogP contribution in [-0.4, -0.2) is 36.9 Å². The van der Waals surface area contributed by atoms with E-state index in [-0.39, 0.29) is 30.0 Å². The molecule has 0 saturated heterocycles. The van der Waals surface area contributed by atoms with Gasteiger partial charge in [-0.25, -0.2) is 17.6 Å². The van der Waals surface area contributed by atoms with Crippen molar-refractivity contribution >= 4 is 16.0 Å². The maximum atomic E-state index is 13.7. The number of benzene rings is 1. The summed E-state index contributed by atoms with van der Waals surface area (Å²) in [5, 5.41) is 17.5. The van der Waals surface area contributed by atoms with Gasteiger partial charge in [0.05, 0.1) is 16.5 Å². The minimum atomic E-state index is -3.97. The van der Waals surface area contributed by atoms with Crippen molar-refractivity contribution in [2.24, 2.45) is 0 Å². The van der Waals surface area contributed by atoms with Gasteiger partial charge in [0.25, 0.3) is 0 Å². The summed E-state index contributed by atoms with van der Waals surface area (Å²) in [5.41, 5.74) is -0.755. The minimum absolute atomic E-state index is 0.00579. The standard InChI is InChI=1S/C13H15FN2O4S/c1-3-16(6-4-5-15)21(19,20)10-7-9(2)12(14)11(8-10)13(17)18/h7-8H,3-4,6H2,1-2H3,(H,17,18). The van der Waals surface area contributed by atoms with Crippen molar-refractivity contribution in [2.75, 3.05) is 13.1 Å². The molecule has 0 aliphatic heterocycles. The summed E-state index contributed by atoms with van der Waals surface area (Å²) in [7, 11) is -3.97. The van der Waals surface area contributed by atoms with Crippen LogP contribution in [0.1, 0.15) is 29.3 Å². The lowest BCUT2D eigenvalue weighted by Crippen LogP contribution is -2.32. The van der Waals surface area contributed by atoms with Crippen molar-refractivity contribution in [1.82, 2.24) is 4.31 Å². The molecule has 0 aliphatic rings. The first-order valence-electron chi connectivity index (χ1n) is 6.16. The lowest BCUT2D eigenvalue weighted by atomic mass is 10.1. The van der Waals surface area contributed by atoms with Gasteiger partial charge in [-0.2, -0.15) is 9.57 Å². The molecule has 0 atom stereocenters. The first-order chi connectivity index (χ1) is 9.75. The van der Waals surface area contributed by atoms with Crippen molar-refractivity contribution in [3.63, 3.8) is 0 Å². The van der Waals surface area contributed by atoms with E-state index < -0.39 is 27.4 Å². The number of carboxylic acid groups (broad SMARTS) is 1. The smallest absolute Gasteiger partial charge is 0.338 e. The van der Waals surface area contributed by atoms with Gasteiger partial charge in [-0.3, -0.25) is 0 Å². The molecule has 0 bridgehead atoms. The molecule has 8 heteroatoms. The van der Waals surface area contributed by atoms with Crippen molar-refractivity contribution in [3.05, 3.63) is 29.1 Å². The van der Waals surface area contributed by atoms with Gasteiger partial charge >= 0.3 is 5.97 Å². The van der Waals surface area contributed by atoms with Crippen LogP contribution in [0.5, 0.6) is 0 Å². The molecule has 0 heterocycles. The number of sulfonamides is 1. The summed E-state index contributed by atoms with van der Waals surface area (Å²) < 4.78 is 39.5. The van der Waals surface area contributed by atoms with E-state index in [0.29, 0.717) is 0 Å². The molecule has 0 radical (unpaired) electrons. The van der Waals surface area contributed by atoms with Gasteiger partial charge < -0.3 is 5.11 Å². The van der Waals surface area contributed by atoms with E-state index in [1.165, 1.54) is 6.92 Å². The first kappa shape index (κ1) is 17.1. The number of aryl methyl sites for hydroxylation is 1. The topological polar surface area (TPSA) is 98.5 Å². The third-order valence-electron chi connectivity index (χ3n) is 2.92. The average molecular weight is 314 g/mol. The largest absolute Gasteiger partial charge is 0.478 e. The van der Waals surface area contributed by atoms with Crippen molar-refractivity contribution in [3.8, 4) is 6.07 Å². The van der Waals surface area contributed by atoms with Crippen molar-refractivity contribution in [1.29, 1.82) is 5.26 Å². The normalized spacial score (nSPS) is 11.4. The van der Waals surface area contributed by atoms with Crippen LogP contribution in [0, 0.1) is 24.1 Å². The Morgan fingerprint density at radius 2 is 2.10 bits per heavy atom. The van der Waals surface area contributed by atoms with E-state index in [2.05, 4.69) is 0 Å². The molecule has 0 spiro atoms. The second-order valence-corrected chi connectivity index (χ2v) is 6.25. The first-order valence-corrected chi connectivity index (χ1v) is 7.60. The van der Waals surface area contributed by atoms with Crippen LogP contribution in [0.2, 0.25) is 0 Å². The monoisotopic (exact) mass is 314 g/mol. The Morgan fingerprint density at radius 1 is 1.48 bits per heavy atom. The lowest BCUT2D eigenvalue weighted by molar-refractivity contribution is 0.0691. The number of nitriles is 1. The predicted molar refractivity (Wildman–Crippen MR) is 72.8 cm³/mol. The maximum Gasteiger partial charge on any atom is 0.338 e. The number of rotatable bonds is 6. The number of carbonyl (C=O) groups is 1. The minimum Gasteiger partial charge on any atom is -0.478 e. The van der Waals surface area contributed by atoms with E-state index in [9.17, 15) is 17.6 Å². The Balaban J connectivity index is 3.38. The average Bonchev–Trinajstić information content (AvgIpc) is 2.41. The number of nitrogens with zero attached hydrogens (tertiary/aromatic N) is 2. The molecular weight excluding hydrogens is 299 g/mol. The molecule has 1 N–H and O–H groups in total. The highest BCUT2D eigenvalue weighted by molar-refractivity contribution is 7.89. The second kappa shape index (κ2) is 6.65. The van der Waals surface area contributed by atoms with Gasteiger partial charge in [0.15, 0.2) is 0 Å². The van der Waals surface area contributed by atoms with E-state index in [1.807, 2.05) is 6.07 Å². The third-order valence-corrected chi connectivity index (χ3v) is 4.87. The summed E-state index contributed by atoms with van der Waals surface area (Å²) in [5.74, 6) is -2.49. The van der Waals surface area contributed by atoms with Crippen LogP contribution in [-0.2, 0) is 10.0 Å². The van der Waals surface area contributed by atoms with Crippen LogP contribution in [0.3, 0.4) is 0 Å². The maximum absolute atomic E-state index is 13.7. The summed E-state index contributed by atoms with van der Waals surface area (Å²) in [6.07, 6.45) is 0.0129. The molecule has 0 amide bonds. The molecule has 114 valence electrons. The lowest BCUT2D eigenvalue weighted by Gasteiger charge is -2.20. The molecule has 0 fully saturated rings. The van der Waals surface area contributed by atoms with Crippen molar-refractivity contribution < 1.29 is 22.7 Å². The molecule has 21 heavy (non-hydrogen) atoms. The van der Waals surface area contributed by atoms with Crippen LogP contribution in [0.15, 0.2) is 17.0 Å². The molecule has 6 nitrogen and oxygen atoms in total. The Hall–Kier alpha value is -1.98. The Morgan fingerprint density at radius 3 is 2.57 bits per heavy atom. The summed E-state index contributed by atoms with van der Waals surface area (Å²) in [4.78, 5) is 10.7. The van der Waals surface area contributed by atoms with Crippen LogP contribution in [0.25, 0.3) is 0 Å². The highest BCUT2D eigenvalue weighted by Crippen LogP contribution is 2.22. The number of halogens is 1. The Labute approximate surface area is 122 Å². The van der Waals surface area contributed by atoms with Gasteiger partial charge in [0, 0.05) is 19.5 Å². The number of carboxylic acids is 1. The molecule has 0 aromatic heterocycles. The Bertz CT molecular complexity index is 695.